The van der Waals surface area contributed by atoms with E-state index in [1.165, 1.54) is 11.1 Å². The quantitative estimate of drug-likeness (QED) is 0.310. The topological polar surface area (TPSA) is 109 Å². The van der Waals surface area contributed by atoms with Gasteiger partial charge in [0, 0.05) is 60.8 Å². The maximum atomic E-state index is 6.11. The molecule has 224 valence electrons. The van der Waals surface area contributed by atoms with Crippen molar-refractivity contribution >= 4 is 21.8 Å². The van der Waals surface area contributed by atoms with Crippen molar-refractivity contribution in [2.24, 2.45) is 19.8 Å². The van der Waals surface area contributed by atoms with Crippen molar-refractivity contribution in [1.29, 1.82) is 0 Å². The lowest BCUT2D eigenvalue weighted by Crippen LogP contribution is -2.29. The van der Waals surface area contributed by atoms with Gasteiger partial charge in [-0.3, -0.25) is 19.3 Å². The first-order valence-corrected chi connectivity index (χ1v) is 14.7. The van der Waals surface area contributed by atoms with E-state index in [-0.39, 0.29) is 12.1 Å². The van der Waals surface area contributed by atoms with Gasteiger partial charge in [-0.25, -0.2) is 0 Å². The minimum atomic E-state index is -0.0957. The molecule has 0 spiro atoms. The summed E-state index contributed by atoms with van der Waals surface area (Å²) in [5.41, 5.74) is 17.6. The number of nitrogens with two attached hydrogens (primary N) is 1. The Labute approximate surface area is 256 Å². The van der Waals surface area contributed by atoms with E-state index < -0.39 is 0 Å². The molecule has 4 aromatic heterocycles. The van der Waals surface area contributed by atoms with E-state index in [0.717, 1.165) is 55.2 Å². The van der Waals surface area contributed by atoms with Crippen LogP contribution in [-0.4, -0.2) is 61.7 Å². The van der Waals surface area contributed by atoms with Crippen LogP contribution in [0.5, 0.6) is 0 Å². The monoisotopic (exact) mass is 588 g/mol. The van der Waals surface area contributed by atoms with Crippen molar-refractivity contribution in [3.05, 3.63) is 95.8 Å². The van der Waals surface area contributed by atoms with Crippen LogP contribution >= 0.6 is 0 Å². The fourth-order valence-electron chi connectivity index (χ4n) is 6.22. The average molecular weight is 589 g/mol. The van der Waals surface area contributed by atoms with Gasteiger partial charge in [-0.15, -0.1) is 0 Å². The van der Waals surface area contributed by atoms with Gasteiger partial charge in [0.15, 0.2) is 0 Å². The number of nitrogens with zero attached hydrogens (tertiary/aromatic N) is 7. The molecule has 0 saturated heterocycles. The van der Waals surface area contributed by atoms with Crippen LogP contribution in [0, 0.1) is 0 Å². The molecule has 2 aliphatic heterocycles. The molecular formula is C34H36N8O2. The smallest absolute Gasteiger partial charge is 0.0728 e. The molecule has 2 N–H and O–H groups in total. The third kappa shape index (κ3) is 5.05. The molecule has 10 nitrogen and oxygen atoms in total. The molecule has 8 rings (SSSR count). The summed E-state index contributed by atoms with van der Waals surface area (Å²) in [5, 5.41) is 10.9. The number of benzene rings is 2. The van der Waals surface area contributed by atoms with Crippen LogP contribution in [-0.2, 0) is 36.8 Å². The summed E-state index contributed by atoms with van der Waals surface area (Å²) in [6.07, 6.45) is 11.4. The van der Waals surface area contributed by atoms with Crippen LogP contribution in [0.1, 0.15) is 34.3 Å². The fraction of sp³-hybridized carbons (Fsp3) is 0.294. The van der Waals surface area contributed by atoms with Gasteiger partial charge in [0.1, 0.15) is 0 Å². The number of aromatic nitrogens is 6. The van der Waals surface area contributed by atoms with Crippen LogP contribution in [0.3, 0.4) is 0 Å². The lowest BCUT2D eigenvalue weighted by Gasteiger charge is -2.31. The van der Waals surface area contributed by atoms with E-state index in [0.29, 0.717) is 26.4 Å². The van der Waals surface area contributed by atoms with Crippen LogP contribution in [0.4, 0.5) is 0 Å². The molecule has 2 atom stereocenters. The molecule has 6 aromatic rings. The van der Waals surface area contributed by atoms with Gasteiger partial charge in [-0.1, -0.05) is 24.3 Å². The van der Waals surface area contributed by atoms with Crippen LogP contribution < -0.4 is 5.73 Å². The maximum Gasteiger partial charge on any atom is 0.0728 e. The maximum absolute atomic E-state index is 6.11. The number of hydrogen-bond donors (Lipinski definition) is 1. The summed E-state index contributed by atoms with van der Waals surface area (Å²) in [6, 6.07) is 12.9. The number of likely N-dealkylation sites (N-methyl/N-ethyl adjacent to an activating group) is 1. The molecule has 2 aromatic carbocycles. The molecule has 2 aliphatic rings. The van der Waals surface area contributed by atoms with Crippen molar-refractivity contribution < 1.29 is 9.47 Å². The summed E-state index contributed by atoms with van der Waals surface area (Å²) in [6.45, 7) is 2.50. The van der Waals surface area contributed by atoms with E-state index in [4.69, 9.17) is 15.2 Å². The first kappa shape index (κ1) is 28.3. The molecule has 44 heavy (non-hydrogen) atoms. The normalized spacial score (nSPS) is 17.8. The zero-order valence-corrected chi connectivity index (χ0v) is 25.4. The van der Waals surface area contributed by atoms with Gasteiger partial charge >= 0.3 is 0 Å². The molecule has 10 heteroatoms. The Balaban J connectivity index is 0.000000143. The molecule has 0 radical (unpaired) electrons. The molecule has 0 amide bonds. The highest BCUT2D eigenvalue weighted by atomic mass is 16.5. The van der Waals surface area contributed by atoms with Gasteiger partial charge in [0.25, 0.3) is 0 Å². The Kier molecular flexibility index (Phi) is 7.43. The minimum Gasteiger partial charge on any atom is -0.375 e. The van der Waals surface area contributed by atoms with E-state index in [1.807, 2.05) is 60.6 Å². The average Bonchev–Trinajstić information content (AvgIpc) is 3.61. The van der Waals surface area contributed by atoms with Crippen molar-refractivity contribution in [3.63, 3.8) is 0 Å². The van der Waals surface area contributed by atoms with Crippen molar-refractivity contribution in [2.75, 3.05) is 27.3 Å². The van der Waals surface area contributed by atoms with E-state index in [9.17, 15) is 0 Å². The van der Waals surface area contributed by atoms with E-state index in [1.54, 1.807) is 0 Å². The Hall–Kier alpha value is -4.48. The number of rotatable bonds is 3. The van der Waals surface area contributed by atoms with Gasteiger partial charge < -0.3 is 20.1 Å². The van der Waals surface area contributed by atoms with Gasteiger partial charge in [-0.2, -0.15) is 10.2 Å². The highest BCUT2D eigenvalue weighted by molar-refractivity contribution is 5.86. The summed E-state index contributed by atoms with van der Waals surface area (Å²) in [4.78, 5) is 11.0. The van der Waals surface area contributed by atoms with E-state index in [2.05, 4.69) is 75.6 Å². The number of ether oxygens (including phenoxy) is 2. The van der Waals surface area contributed by atoms with Gasteiger partial charge in [0.05, 0.1) is 61.9 Å². The summed E-state index contributed by atoms with van der Waals surface area (Å²) < 4.78 is 15.2. The van der Waals surface area contributed by atoms with Crippen molar-refractivity contribution in [2.45, 2.75) is 25.3 Å². The SMILES string of the molecule is CN(C)C1COCc2c(-c3ccc4cnn(C)c4c3)cncc21.Cn1ncc2ccc(-c3cncc4c3COCC4N)cc21. The zero-order valence-electron chi connectivity index (χ0n) is 25.4. The van der Waals surface area contributed by atoms with Crippen molar-refractivity contribution in [3.8, 4) is 22.3 Å². The molecule has 0 aliphatic carbocycles. The highest BCUT2D eigenvalue weighted by Gasteiger charge is 2.25. The van der Waals surface area contributed by atoms with Crippen LogP contribution in [0.25, 0.3) is 44.1 Å². The van der Waals surface area contributed by atoms with E-state index >= 15 is 0 Å². The summed E-state index contributed by atoms with van der Waals surface area (Å²) in [7, 11) is 8.08. The lowest BCUT2D eigenvalue weighted by atomic mass is 9.93. The van der Waals surface area contributed by atoms with Crippen molar-refractivity contribution in [1.82, 2.24) is 34.4 Å². The Morgan fingerprint density at radius 2 is 1.23 bits per heavy atom. The Morgan fingerprint density at radius 1 is 0.705 bits per heavy atom. The first-order chi connectivity index (χ1) is 21.4. The third-order valence-electron chi connectivity index (χ3n) is 8.75. The second-order valence-corrected chi connectivity index (χ2v) is 11.7. The molecule has 0 bridgehead atoms. The highest BCUT2D eigenvalue weighted by Crippen LogP contribution is 2.36. The molecular weight excluding hydrogens is 552 g/mol. The second kappa shape index (κ2) is 11.5. The molecule has 2 unspecified atom stereocenters. The number of fused-ring (bicyclic) bond motifs is 4. The predicted molar refractivity (Wildman–Crippen MR) is 171 cm³/mol. The Bertz CT molecular complexity index is 1980. The number of pyridine rings is 2. The molecule has 0 saturated carbocycles. The summed E-state index contributed by atoms with van der Waals surface area (Å²) >= 11 is 0. The largest absolute Gasteiger partial charge is 0.375 e. The predicted octanol–water partition coefficient (Wildman–Crippen LogP) is 4.93. The standard InChI is InChI=1S/C18H20N4O.C16H16N4O/c1-21(2)18-11-23-10-16-14(8-19-9-15(16)18)12-4-5-13-7-20-22(3)17(13)6-12;1-20-16-4-10(2-3-11(16)5-19-20)12-6-18-7-13-14(12)8-21-9-15(13)17/h4-9,18H,10-11H2,1-3H3;2-7,15H,8-9,17H2,1H3. The molecule has 6 heterocycles. The fourth-order valence-corrected chi connectivity index (χ4v) is 6.22. The van der Waals surface area contributed by atoms with Crippen LogP contribution in [0.2, 0.25) is 0 Å². The minimum absolute atomic E-state index is 0.0957. The Morgan fingerprint density at radius 3 is 1.80 bits per heavy atom. The number of hydrogen-bond acceptors (Lipinski definition) is 8. The van der Waals surface area contributed by atoms with Crippen LogP contribution in [0.15, 0.2) is 73.6 Å². The zero-order chi connectivity index (χ0) is 30.4. The summed E-state index contributed by atoms with van der Waals surface area (Å²) in [5.74, 6) is 0. The van der Waals surface area contributed by atoms with Gasteiger partial charge in [0.2, 0.25) is 0 Å². The first-order valence-electron chi connectivity index (χ1n) is 14.7. The third-order valence-corrected chi connectivity index (χ3v) is 8.75. The van der Waals surface area contributed by atoms with Gasteiger partial charge in [-0.05, 0) is 59.6 Å². The lowest BCUT2D eigenvalue weighted by molar-refractivity contribution is 0.0506. The second-order valence-electron chi connectivity index (χ2n) is 11.7. The molecule has 0 fully saturated rings. The number of aryl methyl sites for hydroxylation is 2.